The fourth-order valence-corrected chi connectivity index (χ4v) is 4.53. The first-order chi connectivity index (χ1) is 16.5. The third-order valence-electron chi connectivity index (χ3n) is 6.13. The van der Waals surface area contributed by atoms with E-state index < -0.39 is 0 Å². The Kier molecular flexibility index (Phi) is 6.07. The molecule has 5 rings (SSSR count). The summed E-state index contributed by atoms with van der Waals surface area (Å²) in [5.41, 5.74) is 5.38. The number of halogens is 1. The number of fused-ring (bicyclic) bond motifs is 1. The Morgan fingerprint density at radius 2 is 1.56 bits per heavy atom. The van der Waals surface area contributed by atoms with E-state index in [2.05, 4.69) is 57.4 Å². The third kappa shape index (κ3) is 4.54. The number of rotatable bonds is 4. The summed E-state index contributed by atoms with van der Waals surface area (Å²) in [6.45, 7) is 6.97. The van der Waals surface area contributed by atoms with Crippen LogP contribution in [0.4, 0.5) is 17.5 Å². The number of amides is 1. The summed E-state index contributed by atoms with van der Waals surface area (Å²) in [4.78, 5) is 25.9. The van der Waals surface area contributed by atoms with E-state index in [-0.39, 0.29) is 5.91 Å². The molecule has 2 heterocycles. The van der Waals surface area contributed by atoms with Gasteiger partial charge in [-0.2, -0.15) is 4.98 Å². The summed E-state index contributed by atoms with van der Waals surface area (Å²) in [7, 11) is 0. The minimum absolute atomic E-state index is 0.191. The molecule has 1 amide bonds. The molecule has 0 spiro atoms. The van der Waals surface area contributed by atoms with Crippen molar-refractivity contribution in [2.75, 3.05) is 41.3 Å². The molecule has 7 heteroatoms. The smallest absolute Gasteiger partial charge is 0.231 e. The van der Waals surface area contributed by atoms with Crippen LogP contribution in [0.1, 0.15) is 12.5 Å². The maximum absolute atomic E-state index is 11.8. The van der Waals surface area contributed by atoms with E-state index in [1.807, 2.05) is 36.4 Å². The topological polar surface area (TPSA) is 61.4 Å². The van der Waals surface area contributed by atoms with Crippen molar-refractivity contribution < 1.29 is 4.79 Å². The van der Waals surface area contributed by atoms with Crippen molar-refractivity contribution >= 4 is 45.9 Å². The van der Waals surface area contributed by atoms with Crippen LogP contribution in [-0.2, 0) is 4.79 Å². The molecule has 0 radical (unpaired) electrons. The molecule has 3 aromatic carbocycles. The molecule has 172 valence electrons. The Labute approximate surface area is 204 Å². The highest BCUT2D eigenvalue weighted by molar-refractivity contribution is 6.30. The number of aromatic nitrogens is 2. The number of piperazine rings is 1. The van der Waals surface area contributed by atoms with Crippen molar-refractivity contribution in [3.63, 3.8) is 0 Å². The van der Waals surface area contributed by atoms with Crippen LogP contribution < -0.4 is 15.1 Å². The quantitative estimate of drug-likeness (QED) is 0.423. The van der Waals surface area contributed by atoms with Crippen molar-refractivity contribution in [1.82, 2.24) is 9.97 Å². The van der Waals surface area contributed by atoms with E-state index >= 15 is 0 Å². The summed E-state index contributed by atoms with van der Waals surface area (Å²) in [6, 6.07) is 22.5. The summed E-state index contributed by atoms with van der Waals surface area (Å²) < 4.78 is 0. The van der Waals surface area contributed by atoms with Crippen molar-refractivity contribution in [1.29, 1.82) is 0 Å². The van der Waals surface area contributed by atoms with Gasteiger partial charge in [-0.25, -0.2) is 4.98 Å². The van der Waals surface area contributed by atoms with Crippen molar-refractivity contribution in [2.45, 2.75) is 13.8 Å². The number of hydrogen-bond donors (Lipinski definition) is 1. The summed E-state index contributed by atoms with van der Waals surface area (Å²) >= 11 is 6.13. The zero-order chi connectivity index (χ0) is 23.7. The maximum atomic E-state index is 11.8. The van der Waals surface area contributed by atoms with E-state index in [4.69, 9.17) is 16.6 Å². The van der Waals surface area contributed by atoms with E-state index in [1.165, 1.54) is 18.2 Å². The third-order valence-corrected chi connectivity index (χ3v) is 6.38. The molecule has 0 aliphatic carbocycles. The molecule has 34 heavy (non-hydrogen) atoms. The fourth-order valence-electron chi connectivity index (χ4n) is 4.41. The van der Waals surface area contributed by atoms with Gasteiger partial charge in [-0.3, -0.25) is 10.1 Å². The van der Waals surface area contributed by atoms with Gasteiger partial charge in [0.05, 0.1) is 10.9 Å². The highest BCUT2D eigenvalue weighted by atomic mass is 35.5. The average molecular weight is 472 g/mol. The number of nitrogens with one attached hydrogen (secondary N) is 1. The summed E-state index contributed by atoms with van der Waals surface area (Å²) in [6.07, 6.45) is 0. The molecular weight excluding hydrogens is 446 g/mol. The van der Waals surface area contributed by atoms with Crippen LogP contribution in [0.2, 0.25) is 5.02 Å². The molecule has 1 aliphatic rings. The maximum Gasteiger partial charge on any atom is 0.231 e. The number of carbonyl (C=O) groups is 1. The van der Waals surface area contributed by atoms with Gasteiger partial charge < -0.3 is 9.80 Å². The molecule has 1 N–H and O–H groups in total. The average Bonchev–Trinajstić information content (AvgIpc) is 2.84. The highest BCUT2D eigenvalue weighted by Gasteiger charge is 2.23. The number of hydrogen-bond acceptors (Lipinski definition) is 5. The molecule has 0 unspecified atom stereocenters. The van der Waals surface area contributed by atoms with Crippen LogP contribution in [0.3, 0.4) is 0 Å². The second kappa shape index (κ2) is 9.31. The van der Waals surface area contributed by atoms with Crippen LogP contribution in [-0.4, -0.2) is 42.1 Å². The first-order valence-corrected chi connectivity index (χ1v) is 11.8. The Balaban J connectivity index is 1.55. The lowest BCUT2D eigenvalue weighted by Gasteiger charge is -2.37. The summed E-state index contributed by atoms with van der Waals surface area (Å²) in [5.74, 6) is 0.968. The van der Waals surface area contributed by atoms with Gasteiger partial charge in [0.2, 0.25) is 11.9 Å². The van der Waals surface area contributed by atoms with Crippen LogP contribution in [0, 0.1) is 6.92 Å². The number of benzene rings is 3. The predicted octanol–water partition coefficient (Wildman–Crippen LogP) is 5.54. The Morgan fingerprint density at radius 1 is 0.882 bits per heavy atom. The normalized spacial score (nSPS) is 13.9. The number of anilines is 3. The second-order valence-corrected chi connectivity index (χ2v) is 9.00. The second-order valence-electron chi connectivity index (χ2n) is 8.57. The van der Waals surface area contributed by atoms with Crippen molar-refractivity contribution in [2.24, 2.45) is 0 Å². The SMILES string of the molecule is CC(=O)Nc1nc(N2CCN(c3ccc(C)cc3)CC2)c2c(-c3ccc(Cl)cc3)cccc2n1. The van der Waals surface area contributed by atoms with Gasteiger partial charge in [-0.15, -0.1) is 0 Å². The van der Waals surface area contributed by atoms with Gasteiger partial charge in [0.1, 0.15) is 5.82 Å². The minimum Gasteiger partial charge on any atom is -0.368 e. The van der Waals surface area contributed by atoms with Crippen molar-refractivity contribution in [3.05, 3.63) is 77.3 Å². The lowest BCUT2D eigenvalue weighted by atomic mass is 10.0. The fraction of sp³-hybridized carbons (Fsp3) is 0.222. The molecule has 1 aromatic heterocycles. The zero-order valence-electron chi connectivity index (χ0n) is 19.3. The van der Waals surface area contributed by atoms with E-state index in [9.17, 15) is 4.79 Å². The zero-order valence-corrected chi connectivity index (χ0v) is 20.0. The lowest BCUT2D eigenvalue weighted by Crippen LogP contribution is -2.47. The van der Waals surface area contributed by atoms with E-state index in [0.29, 0.717) is 11.0 Å². The van der Waals surface area contributed by atoms with Crippen LogP contribution in [0.25, 0.3) is 22.0 Å². The molecule has 6 nitrogen and oxygen atoms in total. The number of aryl methyl sites for hydroxylation is 1. The molecular formula is C27H26ClN5O. The Bertz CT molecular complexity index is 1330. The molecule has 1 aliphatic heterocycles. The van der Waals surface area contributed by atoms with Gasteiger partial charge in [0.15, 0.2) is 0 Å². The standard InChI is InChI=1S/C27H26ClN5O/c1-18-6-12-22(13-7-18)32-14-16-33(17-15-32)26-25-23(20-8-10-21(28)11-9-20)4-3-5-24(25)30-27(31-26)29-19(2)34/h3-13H,14-17H2,1-2H3,(H,29,30,31,34). The number of nitrogens with zero attached hydrogens (tertiary/aromatic N) is 4. The molecule has 0 atom stereocenters. The first-order valence-electron chi connectivity index (χ1n) is 11.4. The molecule has 0 saturated carbocycles. The van der Waals surface area contributed by atoms with Crippen LogP contribution in [0.15, 0.2) is 66.7 Å². The first kappa shape index (κ1) is 22.2. The number of carbonyl (C=O) groups excluding carboxylic acids is 1. The molecule has 1 saturated heterocycles. The van der Waals surface area contributed by atoms with Gasteiger partial charge in [0, 0.05) is 43.8 Å². The molecule has 4 aromatic rings. The predicted molar refractivity (Wildman–Crippen MR) is 140 cm³/mol. The lowest BCUT2D eigenvalue weighted by molar-refractivity contribution is -0.114. The largest absolute Gasteiger partial charge is 0.368 e. The summed E-state index contributed by atoms with van der Waals surface area (Å²) in [5, 5.41) is 4.44. The molecule has 1 fully saturated rings. The van der Waals surface area contributed by atoms with Gasteiger partial charge in [-0.05, 0) is 48.4 Å². The van der Waals surface area contributed by atoms with Gasteiger partial charge in [0.25, 0.3) is 0 Å². The molecule has 0 bridgehead atoms. The van der Waals surface area contributed by atoms with Gasteiger partial charge >= 0.3 is 0 Å². The van der Waals surface area contributed by atoms with Crippen LogP contribution >= 0.6 is 11.6 Å². The monoisotopic (exact) mass is 471 g/mol. The van der Waals surface area contributed by atoms with Crippen molar-refractivity contribution in [3.8, 4) is 11.1 Å². The Morgan fingerprint density at radius 3 is 2.24 bits per heavy atom. The Hall–Kier alpha value is -3.64. The minimum atomic E-state index is -0.191. The van der Waals surface area contributed by atoms with Gasteiger partial charge in [-0.1, -0.05) is 53.6 Å². The van der Waals surface area contributed by atoms with E-state index in [1.54, 1.807) is 0 Å². The highest BCUT2D eigenvalue weighted by Crippen LogP contribution is 2.36. The van der Waals surface area contributed by atoms with Crippen LogP contribution in [0.5, 0.6) is 0 Å². The van der Waals surface area contributed by atoms with E-state index in [0.717, 1.165) is 54.0 Å².